The zero-order chi connectivity index (χ0) is 12.4. The average Bonchev–Trinajstić information content (AvgIpc) is 2.63. The van der Waals surface area contributed by atoms with Crippen LogP contribution in [0, 0.1) is 0 Å². The number of nitrogens with two attached hydrogens (primary N) is 1. The molecule has 3 heteroatoms. The molecule has 0 atom stereocenters. The lowest BCUT2D eigenvalue weighted by Gasteiger charge is -2.05. The Bertz CT molecular complexity index is 511. The van der Waals surface area contributed by atoms with Crippen molar-refractivity contribution in [2.75, 3.05) is 6.54 Å². The first-order valence-corrected chi connectivity index (χ1v) is 6.28. The highest BCUT2D eigenvalue weighted by Gasteiger charge is 2.09. The third kappa shape index (κ3) is 2.34. The van der Waals surface area contributed by atoms with Gasteiger partial charge in [-0.15, -0.1) is 0 Å². The lowest BCUT2D eigenvalue weighted by atomic mass is 10.0. The van der Waals surface area contributed by atoms with Crippen molar-refractivity contribution in [3.05, 3.63) is 29.6 Å². The zero-order valence-electron chi connectivity index (χ0n) is 10.9. The number of rotatable bonds is 4. The van der Waals surface area contributed by atoms with Crippen LogP contribution >= 0.6 is 0 Å². The summed E-state index contributed by atoms with van der Waals surface area (Å²) in [7, 11) is 2.09. The minimum atomic E-state index is 0.557. The molecule has 2 rings (SSSR count). The van der Waals surface area contributed by atoms with Crippen molar-refractivity contribution in [2.24, 2.45) is 12.8 Å². The number of benzene rings is 1. The van der Waals surface area contributed by atoms with Crippen molar-refractivity contribution in [1.29, 1.82) is 0 Å². The van der Waals surface area contributed by atoms with Crippen molar-refractivity contribution >= 4 is 11.0 Å². The van der Waals surface area contributed by atoms with Crippen molar-refractivity contribution in [1.82, 2.24) is 9.55 Å². The topological polar surface area (TPSA) is 43.8 Å². The van der Waals surface area contributed by atoms with Gasteiger partial charge in [-0.2, -0.15) is 0 Å². The molecule has 0 saturated heterocycles. The van der Waals surface area contributed by atoms with E-state index in [-0.39, 0.29) is 0 Å². The maximum Gasteiger partial charge on any atom is 0.109 e. The first kappa shape index (κ1) is 12.1. The Morgan fingerprint density at radius 1 is 1.35 bits per heavy atom. The Hall–Kier alpha value is -1.35. The number of hydrogen-bond donors (Lipinski definition) is 1. The van der Waals surface area contributed by atoms with Crippen LogP contribution in [0.4, 0.5) is 0 Å². The van der Waals surface area contributed by atoms with E-state index in [0.29, 0.717) is 5.92 Å². The maximum atomic E-state index is 5.55. The molecular weight excluding hydrogens is 210 g/mol. The van der Waals surface area contributed by atoms with Gasteiger partial charge in [-0.05, 0) is 36.6 Å². The number of nitrogens with zero attached hydrogens (tertiary/aromatic N) is 2. The lowest BCUT2D eigenvalue weighted by Crippen LogP contribution is -2.04. The van der Waals surface area contributed by atoms with E-state index >= 15 is 0 Å². The monoisotopic (exact) mass is 231 g/mol. The fourth-order valence-corrected chi connectivity index (χ4v) is 2.10. The Balaban J connectivity index is 2.43. The summed E-state index contributed by atoms with van der Waals surface area (Å²) in [6.07, 6.45) is 1.95. The van der Waals surface area contributed by atoms with Crippen molar-refractivity contribution in [3.63, 3.8) is 0 Å². The summed E-state index contributed by atoms with van der Waals surface area (Å²) in [4.78, 5) is 4.66. The first-order chi connectivity index (χ1) is 8.13. The molecule has 92 valence electrons. The molecule has 1 aromatic carbocycles. The second-order valence-corrected chi connectivity index (χ2v) is 4.88. The highest BCUT2D eigenvalue weighted by molar-refractivity contribution is 5.77. The smallest absolute Gasteiger partial charge is 0.109 e. The summed E-state index contributed by atoms with van der Waals surface area (Å²) in [5, 5.41) is 0. The third-order valence-electron chi connectivity index (χ3n) is 3.27. The van der Waals surface area contributed by atoms with E-state index in [1.165, 1.54) is 11.1 Å². The number of fused-ring (bicyclic) bond motifs is 1. The molecule has 0 bridgehead atoms. The van der Waals surface area contributed by atoms with Crippen LogP contribution in [0.1, 0.15) is 37.6 Å². The van der Waals surface area contributed by atoms with Gasteiger partial charge >= 0.3 is 0 Å². The van der Waals surface area contributed by atoms with Gasteiger partial charge in [-0.25, -0.2) is 4.98 Å². The minimum absolute atomic E-state index is 0.557. The fraction of sp³-hybridized carbons (Fsp3) is 0.500. The fourth-order valence-electron chi connectivity index (χ4n) is 2.10. The summed E-state index contributed by atoms with van der Waals surface area (Å²) in [6, 6.07) is 6.54. The Morgan fingerprint density at radius 3 is 2.76 bits per heavy atom. The highest BCUT2D eigenvalue weighted by atomic mass is 15.1. The van der Waals surface area contributed by atoms with Crippen molar-refractivity contribution in [2.45, 2.75) is 32.6 Å². The van der Waals surface area contributed by atoms with Crippen LogP contribution in [0.3, 0.4) is 0 Å². The van der Waals surface area contributed by atoms with Crippen molar-refractivity contribution < 1.29 is 0 Å². The van der Waals surface area contributed by atoms with E-state index < -0.39 is 0 Å². The Morgan fingerprint density at radius 2 is 2.12 bits per heavy atom. The molecule has 0 aliphatic rings. The SMILES string of the molecule is CC(C)c1ccc2nc(CCCN)n(C)c2c1. The van der Waals surface area contributed by atoms with Crippen LogP contribution < -0.4 is 5.73 Å². The number of imidazole rings is 1. The molecule has 0 aliphatic carbocycles. The van der Waals surface area contributed by atoms with Crippen LogP contribution in [-0.2, 0) is 13.5 Å². The standard InChI is InChI=1S/C14H21N3/c1-10(2)11-6-7-12-13(9-11)17(3)14(16-12)5-4-8-15/h6-7,9-10H,4-5,8,15H2,1-3H3. The van der Waals surface area contributed by atoms with Crippen LogP contribution in [0.25, 0.3) is 11.0 Å². The molecule has 2 aromatic rings. The van der Waals surface area contributed by atoms with E-state index in [1.54, 1.807) is 0 Å². The maximum absolute atomic E-state index is 5.55. The summed E-state index contributed by atoms with van der Waals surface area (Å²) in [5.74, 6) is 1.69. The van der Waals surface area contributed by atoms with E-state index in [1.807, 2.05) is 0 Å². The second-order valence-electron chi connectivity index (χ2n) is 4.88. The van der Waals surface area contributed by atoms with Gasteiger partial charge in [0.05, 0.1) is 11.0 Å². The van der Waals surface area contributed by atoms with Gasteiger partial charge in [0.1, 0.15) is 5.82 Å². The first-order valence-electron chi connectivity index (χ1n) is 6.28. The molecule has 0 unspecified atom stereocenters. The molecular formula is C14H21N3. The third-order valence-corrected chi connectivity index (χ3v) is 3.27. The van der Waals surface area contributed by atoms with Crippen LogP contribution in [0.5, 0.6) is 0 Å². The molecule has 0 spiro atoms. The number of hydrogen-bond acceptors (Lipinski definition) is 2. The molecule has 0 fully saturated rings. The normalized spacial score (nSPS) is 11.6. The summed E-state index contributed by atoms with van der Waals surface area (Å²) in [5.41, 5.74) is 9.23. The molecule has 0 saturated carbocycles. The minimum Gasteiger partial charge on any atom is -0.331 e. The molecule has 0 radical (unpaired) electrons. The van der Waals surface area contributed by atoms with E-state index in [9.17, 15) is 0 Å². The summed E-state index contributed by atoms with van der Waals surface area (Å²) in [6.45, 7) is 5.15. The Labute approximate surface area is 103 Å². The van der Waals surface area contributed by atoms with Gasteiger partial charge in [0.2, 0.25) is 0 Å². The van der Waals surface area contributed by atoms with E-state index in [4.69, 9.17) is 5.73 Å². The lowest BCUT2D eigenvalue weighted by molar-refractivity contribution is 0.740. The van der Waals surface area contributed by atoms with Gasteiger partial charge in [0, 0.05) is 13.5 Å². The number of aromatic nitrogens is 2. The molecule has 2 N–H and O–H groups in total. The largest absolute Gasteiger partial charge is 0.331 e. The molecule has 3 nitrogen and oxygen atoms in total. The zero-order valence-corrected chi connectivity index (χ0v) is 10.9. The summed E-state index contributed by atoms with van der Waals surface area (Å²) < 4.78 is 2.19. The Kier molecular flexibility index (Phi) is 3.48. The molecule has 0 aliphatic heterocycles. The predicted molar refractivity (Wildman–Crippen MR) is 72.2 cm³/mol. The van der Waals surface area contributed by atoms with Gasteiger partial charge in [-0.1, -0.05) is 19.9 Å². The van der Waals surface area contributed by atoms with Crippen LogP contribution in [0.2, 0.25) is 0 Å². The molecule has 17 heavy (non-hydrogen) atoms. The predicted octanol–water partition coefficient (Wildman–Crippen LogP) is 2.59. The van der Waals surface area contributed by atoms with Gasteiger partial charge in [-0.3, -0.25) is 0 Å². The van der Waals surface area contributed by atoms with Crippen LogP contribution in [-0.4, -0.2) is 16.1 Å². The van der Waals surface area contributed by atoms with E-state index in [0.717, 1.165) is 30.7 Å². The molecule has 0 amide bonds. The quantitative estimate of drug-likeness (QED) is 0.879. The van der Waals surface area contributed by atoms with Gasteiger partial charge < -0.3 is 10.3 Å². The van der Waals surface area contributed by atoms with E-state index in [2.05, 4.69) is 48.6 Å². The molecule has 1 aromatic heterocycles. The number of aryl methyl sites for hydroxylation is 2. The molecule has 1 heterocycles. The highest BCUT2D eigenvalue weighted by Crippen LogP contribution is 2.22. The summed E-state index contributed by atoms with van der Waals surface area (Å²) >= 11 is 0. The second kappa shape index (κ2) is 4.88. The van der Waals surface area contributed by atoms with Crippen molar-refractivity contribution in [3.8, 4) is 0 Å². The van der Waals surface area contributed by atoms with Gasteiger partial charge in [0.25, 0.3) is 0 Å². The average molecular weight is 231 g/mol. The van der Waals surface area contributed by atoms with Crippen LogP contribution in [0.15, 0.2) is 18.2 Å². The van der Waals surface area contributed by atoms with Gasteiger partial charge in [0.15, 0.2) is 0 Å².